The van der Waals surface area contributed by atoms with Gasteiger partial charge in [-0.05, 0) is 130 Å². The second-order valence-electron chi connectivity index (χ2n) is 18.9. The van der Waals surface area contributed by atoms with Gasteiger partial charge in [0, 0.05) is 22.5 Å². The molecule has 2 N–H and O–H groups in total. The zero-order valence-corrected chi connectivity index (χ0v) is 40.7. The van der Waals surface area contributed by atoms with Crippen molar-refractivity contribution in [3.8, 4) is 28.3 Å². The standard InChI is InChI=1S/C62H66N4O/c1-40(2)50-27-18-28-51(41(3)4)61(50)66-60(48-24-14-11-15-25-48)58-39-45(38-57(64-58)46-33-35-49(67-9)36-34-46)37-44(8)54-30-19-29-52(42(5)6)62(54)65-59(47-22-12-10-13-23-47)56-32-20-31-55(63-56)53-26-17-16-21-43(53)7/h10-36,38-42,44,59-60,65-66H,37H2,1-9H3. The number of hydrogen-bond donors (Lipinski definition) is 2. The van der Waals surface area contributed by atoms with Gasteiger partial charge in [-0.1, -0.05) is 176 Å². The highest BCUT2D eigenvalue weighted by Gasteiger charge is 2.26. The van der Waals surface area contributed by atoms with Crippen LogP contribution in [0.1, 0.15) is 140 Å². The molecule has 67 heavy (non-hydrogen) atoms. The maximum Gasteiger partial charge on any atom is 0.118 e. The van der Waals surface area contributed by atoms with Gasteiger partial charge in [0.2, 0.25) is 0 Å². The minimum absolute atomic E-state index is 0.139. The molecule has 2 aromatic heterocycles. The van der Waals surface area contributed by atoms with Crippen molar-refractivity contribution in [2.75, 3.05) is 17.7 Å². The lowest BCUT2D eigenvalue weighted by Gasteiger charge is -2.28. The number of nitrogens with one attached hydrogen (secondary N) is 2. The van der Waals surface area contributed by atoms with Crippen LogP contribution >= 0.6 is 0 Å². The summed E-state index contributed by atoms with van der Waals surface area (Å²) in [6.07, 6.45) is 0.799. The smallest absolute Gasteiger partial charge is 0.118 e. The summed E-state index contributed by atoms with van der Waals surface area (Å²) in [5, 5.41) is 8.27. The van der Waals surface area contributed by atoms with E-state index >= 15 is 0 Å². The molecule has 0 spiro atoms. The van der Waals surface area contributed by atoms with E-state index in [2.05, 4.69) is 230 Å². The predicted molar refractivity (Wildman–Crippen MR) is 282 cm³/mol. The molecule has 0 radical (unpaired) electrons. The Kier molecular flexibility index (Phi) is 14.7. The van der Waals surface area contributed by atoms with Crippen LogP contribution in [0, 0.1) is 6.92 Å². The Bertz CT molecular complexity index is 2860. The molecule has 8 rings (SSSR count). The van der Waals surface area contributed by atoms with Crippen molar-refractivity contribution in [2.45, 2.75) is 97.6 Å². The summed E-state index contributed by atoms with van der Waals surface area (Å²) in [7, 11) is 1.71. The van der Waals surface area contributed by atoms with Crippen molar-refractivity contribution in [1.29, 1.82) is 0 Å². The van der Waals surface area contributed by atoms with E-state index in [4.69, 9.17) is 14.7 Å². The van der Waals surface area contributed by atoms with Gasteiger partial charge in [-0.2, -0.15) is 0 Å². The minimum Gasteiger partial charge on any atom is -0.497 e. The molecule has 0 saturated carbocycles. The fourth-order valence-electron chi connectivity index (χ4n) is 9.47. The van der Waals surface area contributed by atoms with Crippen LogP contribution in [0.3, 0.4) is 0 Å². The summed E-state index contributed by atoms with van der Waals surface area (Å²) in [5.41, 5.74) is 18.4. The van der Waals surface area contributed by atoms with Gasteiger partial charge in [0.05, 0.1) is 42.0 Å². The fraction of sp³-hybridized carbons (Fsp3) is 0.258. The van der Waals surface area contributed by atoms with Crippen molar-refractivity contribution in [2.24, 2.45) is 0 Å². The maximum absolute atomic E-state index is 5.59. The first-order valence-electron chi connectivity index (χ1n) is 24.1. The van der Waals surface area contributed by atoms with Gasteiger partial charge in [-0.3, -0.25) is 9.97 Å². The highest BCUT2D eigenvalue weighted by atomic mass is 16.5. The Morgan fingerprint density at radius 1 is 0.463 bits per heavy atom. The first kappa shape index (κ1) is 46.5. The largest absolute Gasteiger partial charge is 0.497 e. The molecule has 0 bridgehead atoms. The number of ether oxygens (including phenoxy) is 1. The third-order valence-corrected chi connectivity index (χ3v) is 13.1. The number of hydrogen-bond acceptors (Lipinski definition) is 5. The first-order chi connectivity index (χ1) is 32.5. The summed E-state index contributed by atoms with van der Waals surface area (Å²) in [5.74, 6) is 1.92. The van der Waals surface area contributed by atoms with Crippen molar-refractivity contribution in [1.82, 2.24) is 9.97 Å². The summed E-state index contributed by atoms with van der Waals surface area (Å²) in [6.45, 7) is 18.2. The number of para-hydroxylation sites is 2. The lowest BCUT2D eigenvalue weighted by molar-refractivity contribution is 0.415. The number of rotatable bonds is 17. The van der Waals surface area contributed by atoms with Crippen LogP contribution in [0.2, 0.25) is 0 Å². The molecular weight excluding hydrogens is 817 g/mol. The van der Waals surface area contributed by atoms with Crippen molar-refractivity contribution in [3.63, 3.8) is 0 Å². The molecule has 3 atom stereocenters. The predicted octanol–water partition coefficient (Wildman–Crippen LogP) is 16.2. The van der Waals surface area contributed by atoms with Gasteiger partial charge in [0.15, 0.2) is 0 Å². The van der Waals surface area contributed by atoms with Crippen molar-refractivity contribution >= 4 is 11.4 Å². The lowest BCUT2D eigenvalue weighted by Crippen LogP contribution is -2.18. The van der Waals surface area contributed by atoms with Crippen molar-refractivity contribution in [3.05, 3.63) is 232 Å². The number of pyridine rings is 2. The number of aryl methyl sites for hydroxylation is 1. The molecule has 0 aliphatic carbocycles. The fourth-order valence-corrected chi connectivity index (χ4v) is 9.47. The van der Waals surface area contributed by atoms with E-state index in [0.717, 1.165) is 57.2 Å². The Morgan fingerprint density at radius 3 is 1.51 bits per heavy atom. The number of benzene rings is 6. The summed E-state index contributed by atoms with van der Waals surface area (Å²) in [6, 6.07) is 62.6. The van der Waals surface area contributed by atoms with Gasteiger partial charge < -0.3 is 15.4 Å². The van der Waals surface area contributed by atoms with Gasteiger partial charge in [0.25, 0.3) is 0 Å². The molecule has 0 amide bonds. The van der Waals surface area contributed by atoms with Gasteiger partial charge in [0.1, 0.15) is 5.75 Å². The van der Waals surface area contributed by atoms with E-state index in [0.29, 0.717) is 11.8 Å². The maximum atomic E-state index is 5.59. The average Bonchev–Trinajstić information content (AvgIpc) is 3.35. The van der Waals surface area contributed by atoms with Crippen LogP contribution in [0.25, 0.3) is 22.5 Å². The average molecular weight is 883 g/mol. The second kappa shape index (κ2) is 21.1. The Hall–Kier alpha value is -6.98. The topological polar surface area (TPSA) is 59.1 Å². The van der Waals surface area contributed by atoms with Crippen LogP contribution in [0.15, 0.2) is 176 Å². The van der Waals surface area contributed by atoms with Crippen LogP contribution in [0.5, 0.6) is 5.75 Å². The molecule has 3 unspecified atom stereocenters. The molecule has 6 aromatic carbocycles. The van der Waals surface area contributed by atoms with Crippen LogP contribution in [-0.2, 0) is 6.42 Å². The zero-order chi connectivity index (χ0) is 47.0. The normalized spacial score (nSPS) is 12.8. The number of aromatic nitrogens is 2. The number of anilines is 2. The zero-order valence-electron chi connectivity index (χ0n) is 40.7. The van der Waals surface area contributed by atoms with Crippen LogP contribution in [-0.4, -0.2) is 17.1 Å². The quantitative estimate of drug-likeness (QED) is 0.0954. The van der Waals surface area contributed by atoms with Crippen LogP contribution < -0.4 is 15.4 Å². The third kappa shape index (κ3) is 10.7. The van der Waals surface area contributed by atoms with Crippen LogP contribution in [0.4, 0.5) is 11.4 Å². The van der Waals surface area contributed by atoms with Gasteiger partial charge in [-0.15, -0.1) is 0 Å². The Labute approximate surface area is 399 Å². The molecule has 340 valence electrons. The highest BCUT2D eigenvalue weighted by molar-refractivity contribution is 5.67. The molecule has 8 aromatic rings. The molecule has 0 aliphatic heterocycles. The van der Waals surface area contributed by atoms with E-state index < -0.39 is 0 Å². The lowest BCUT2D eigenvalue weighted by atomic mass is 9.87. The van der Waals surface area contributed by atoms with E-state index in [-0.39, 0.29) is 23.9 Å². The number of nitrogens with zero attached hydrogens (tertiary/aromatic N) is 2. The summed E-state index contributed by atoms with van der Waals surface area (Å²) >= 11 is 0. The van der Waals surface area contributed by atoms with E-state index in [1.807, 2.05) is 12.1 Å². The molecule has 5 nitrogen and oxygen atoms in total. The molecule has 0 aliphatic rings. The van der Waals surface area contributed by atoms with E-state index in [1.54, 1.807) is 7.11 Å². The van der Waals surface area contributed by atoms with Gasteiger partial charge in [-0.25, -0.2) is 0 Å². The molecule has 0 saturated heterocycles. The minimum atomic E-state index is -0.207. The second-order valence-corrected chi connectivity index (χ2v) is 18.9. The summed E-state index contributed by atoms with van der Waals surface area (Å²) in [4.78, 5) is 10.9. The molecule has 0 fully saturated rings. The Morgan fingerprint density at radius 2 is 0.955 bits per heavy atom. The van der Waals surface area contributed by atoms with Crippen molar-refractivity contribution < 1.29 is 4.74 Å². The van der Waals surface area contributed by atoms with Gasteiger partial charge >= 0.3 is 0 Å². The number of methoxy groups -OCH3 is 1. The molecular formula is C62H66N4O. The first-order valence-corrected chi connectivity index (χ1v) is 24.1. The highest BCUT2D eigenvalue weighted by Crippen LogP contribution is 2.41. The molecule has 5 heteroatoms. The summed E-state index contributed by atoms with van der Waals surface area (Å²) < 4.78 is 5.59. The monoisotopic (exact) mass is 883 g/mol. The SMILES string of the molecule is COc1ccc(-c2cc(CC(C)c3cccc(C(C)C)c3NC(c3ccccc3)c3cccc(-c4ccccc4C)n3)cc(C(Nc3c(C(C)C)cccc3C(C)C)c3ccccc3)n2)cc1. The van der Waals surface area contributed by atoms with E-state index in [9.17, 15) is 0 Å². The molecule has 2 heterocycles. The third-order valence-electron chi connectivity index (χ3n) is 13.1. The van der Waals surface area contributed by atoms with E-state index in [1.165, 1.54) is 44.8 Å². The Balaban J connectivity index is 1.24.